The van der Waals surface area contributed by atoms with Crippen LogP contribution >= 0.6 is 0 Å². The highest BCUT2D eigenvalue weighted by Gasteiger charge is 2.36. The quantitative estimate of drug-likeness (QED) is 0.723. The topological polar surface area (TPSA) is 71.1 Å². The second-order valence-electron chi connectivity index (χ2n) is 7.34. The Kier molecular flexibility index (Phi) is 6.78. The number of carbonyl (C=O) groups is 2. The first-order chi connectivity index (χ1) is 12.4. The van der Waals surface area contributed by atoms with Crippen LogP contribution in [0, 0.1) is 10.8 Å². The molecule has 0 amide bonds. The lowest BCUT2D eigenvalue weighted by molar-refractivity contribution is -0.127. The SMILES string of the molecule is CC.CC1(COC(=O)c2cccc(C(=O)OCC3(C)COC3)c2)COC1. The maximum Gasteiger partial charge on any atom is 0.338 e. The molecule has 0 aliphatic carbocycles. The van der Waals surface area contributed by atoms with E-state index in [2.05, 4.69) is 0 Å². The Hall–Kier alpha value is -1.92. The second kappa shape index (κ2) is 8.64. The lowest BCUT2D eigenvalue weighted by Gasteiger charge is -2.37. The van der Waals surface area contributed by atoms with Gasteiger partial charge in [0.05, 0.1) is 37.6 Å². The summed E-state index contributed by atoms with van der Waals surface area (Å²) in [5, 5.41) is 0. The Bertz CT molecular complexity index is 580. The van der Waals surface area contributed by atoms with E-state index in [1.807, 2.05) is 27.7 Å². The summed E-state index contributed by atoms with van der Waals surface area (Å²) in [5.41, 5.74) is 0.469. The molecule has 1 aromatic carbocycles. The Labute approximate surface area is 154 Å². The molecule has 3 rings (SSSR count). The summed E-state index contributed by atoms with van der Waals surface area (Å²) in [4.78, 5) is 24.3. The van der Waals surface area contributed by atoms with Crippen LogP contribution in [0.3, 0.4) is 0 Å². The van der Waals surface area contributed by atoms with Crippen LogP contribution in [0.25, 0.3) is 0 Å². The van der Waals surface area contributed by atoms with Gasteiger partial charge in [0.2, 0.25) is 0 Å². The van der Waals surface area contributed by atoms with Gasteiger partial charge in [-0.25, -0.2) is 9.59 Å². The van der Waals surface area contributed by atoms with Gasteiger partial charge in [0, 0.05) is 10.8 Å². The first-order valence-corrected chi connectivity index (χ1v) is 8.99. The van der Waals surface area contributed by atoms with Crippen molar-refractivity contribution in [1.29, 1.82) is 0 Å². The molecule has 0 atom stereocenters. The van der Waals surface area contributed by atoms with Crippen molar-refractivity contribution in [2.75, 3.05) is 39.6 Å². The summed E-state index contributed by atoms with van der Waals surface area (Å²) >= 11 is 0. The van der Waals surface area contributed by atoms with Gasteiger partial charge in [0.25, 0.3) is 0 Å². The van der Waals surface area contributed by atoms with Crippen LogP contribution < -0.4 is 0 Å². The number of hydrogen-bond acceptors (Lipinski definition) is 6. The van der Waals surface area contributed by atoms with E-state index in [9.17, 15) is 9.59 Å². The zero-order chi connectivity index (χ0) is 19.2. The zero-order valence-corrected chi connectivity index (χ0v) is 16.0. The minimum atomic E-state index is -0.447. The molecule has 0 radical (unpaired) electrons. The third-order valence-electron chi connectivity index (χ3n) is 4.24. The highest BCUT2D eigenvalue weighted by Crippen LogP contribution is 2.28. The molecule has 6 nitrogen and oxygen atoms in total. The maximum atomic E-state index is 12.1. The van der Waals surface area contributed by atoms with Crippen LogP contribution in [0.1, 0.15) is 48.4 Å². The molecule has 2 aliphatic heterocycles. The molecule has 2 heterocycles. The third-order valence-corrected chi connectivity index (χ3v) is 4.24. The van der Waals surface area contributed by atoms with Gasteiger partial charge in [0.1, 0.15) is 13.2 Å². The van der Waals surface area contributed by atoms with E-state index in [-0.39, 0.29) is 10.8 Å². The Balaban J connectivity index is 0.00000117. The predicted molar refractivity (Wildman–Crippen MR) is 96.2 cm³/mol. The summed E-state index contributed by atoms with van der Waals surface area (Å²) in [7, 11) is 0. The van der Waals surface area contributed by atoms with E-state index in [1.165, 1.54) is 6.07 Å². The van der Waals surface area contributed by atoms with Gasteiger partial charge in [-0.3, -0.25) is 0 Å². The largest absolute Gasteiger partial charge is 0.461 e. The highest BCUT2D eigenvalue weighted by molar-refractivity contribution is 5.95. The molecule has 0 N–H and O–H groups in total. The number of hydrogen-bond donors (Lipinski definition) is 0. The fourth-order valence-electron chi connectivity index (χ4n) is 2.49. The van der Waals surface area contributed by atoms with E-state index < -0.39 is 11.9 Å². The van der Waals surface area contributed by atoms with Gasteiger partial charge in [-0.05, 0) is 18.2 Å². The lowest BCUT2D eigenvalue weighted by Crippen LogP contribution is -2.44. The molecule has 2 fully saturated rings. The average Bonchev–Trinajstić information content (AvgIpc) is 2.62. The molecule has 0 aromatic heterocycles. The van der Waals surface area contributed by atoms with Gasteiger partial charge < -0.3 is 18.9 Å². The van der Waals surface area contributed by atoms with Crippen LogP contribution in [0.5, 0.6) is 0 Å². The molecule has 0 bridgehead atoms. The van der Waals surface area contributed by atoms with E-state index in [4.69, 9.17) is 18.9 Å². The molecule has 6 heteroatoms. The Morgan fingerprint density at radius 2 is 1.27 bits per heavy atom. The molecular formula is C20H28O6. The number of ether oxygens (including phenoxy) is 4. The molecular weight excluding hydrogens is 336 g/mol. The average molecular weight is 364 g/mol. The predicted octanol–water partition coefficient (Wildman–Crippen LogP) is 3.10. The van der Waals surface area contributed by atoms with E-state index >= 15 is 0 Å². The molecule has 0 spiro atoms. The first-order valence-electron chi connectivity index (χ1n) is 8.99. The summed E-state index contributed by atoms with van der Waals surface area (Å²) in [6, 6.07) is 6.40. The summed E-state index contributed by atoms with van der Waals surface area (Å²) < 4.78 is 20.9. The third kappa shape index (κ3) is 5.05. The van der Waals surface area contributed by atoms with Crippen LogP contribution in [-0.2, 0) is 18.9 Å². The summed E-state index contributed by atoms with van der Waals surface area (Å²) in [6.07, 6.45) is 0. The van der Waals surface area contributed by atoms with Crippen molar-refractivity contribution in [2.45, 2.75) is 27.7 Å². The van der Waals surface area contributed by atoms with Gasteiger partial charge in [-0.1, -0.05) is 33.8 Å². The maximum absolute atomic E-state index is 12.1. The number of rotatable bonds is 6. The minimum absolute atomic E-state index is 0.105. The fraction of sp³-hybridized carbons (Fsp3) is 0.600. The van der Waals surface area contributed by atoms with Gasteiger partial charge in [0.15, 0.2) is 0 Å². The van der Waals surface area contributed by atoms with Crippen molar-refractivity contribution in [1.82, 2.24) is 0 Å². The molecule has 144 valence electrons. The van der Waals surface area contributed by atoms with Crippen LogP contribution in [0.2, 0.25) is 0 Å². The Morgan fingerprint density at radius 3 is 1.58 bits per heavy atom. The molecule has 1 aromatic rings. The number of esters is 2. The van der Waals surface area contributed by atoms with E-state index in [0.717, 1.165) is 0 Å². The van der Waals surface area contributed by atoms with Gasteiger partial charge >= 0.3 is 11.9 Å². The van der Waals surface area contributed by atoms with Crippen LogP contribution in [0.15, 0.2) is 24.3 Å². The van der Waals surface area contributed by atoms with Crippen molar-refractivity contribution < 1.29 is 28.5 Å². The summed E-state index contributed by atoms with van der Waals surface area (Å²) in [5.74, 6) is -0.894. The smallest absolute Gasteiger partial charge is 0.338 e. The van der Waals surface area contributed by atoms with Crippen molar-refractivity contribution in [2.24, 2.45) is 10.8 Å². The minimum Gasteiger partial charge on any atom is -0.461 e. The number of carbonyl (C=O) groups excluding carboxylic acids is 2. The standard InChI is InChI=1S/C18H22O6.C2H6/c1-17(7-21-8-17)11-23-15(19)13-4-3-5-14(6-13)16(20)24-12-18(2)9-22-10-18;1-2/h3-6H,7-12H2,1-2H3;1-2H3. The van der Waals surface area contributed by atoms with Crippen LogP contribution in [0.4, 0.5) is 0 Å². The van der Waals surface area contributed by atoms with Crippen LogP contribution in [-0.4, -0.2) is 51.6 Å². The fourth-order valence-corrected chi connectivity index (χ4v) is 2.49. The highest BCUT2D eigenvalue weighted by atomic mass is 16.6. The molecule has 0 saturated carbocycles. The van der Waals surface area contributed by atoms with E-state index in [0.29, 0.717) is 50.8 Å². The first kappa shape index (κ1) is 20.4. The van der Waals surface area contributed by atoms with Crippen molar-refractivity contribution in [3.8, 4) is 0 Å². The van der Waals surface area contributed by atoms with Gasteiger partial charge in [-0.15, -0.1) is 0 Å². The van der Waals surface area contributed by atoms with Crippen molar-refractivity contribution in [3.05, 3.63) is 35.4 Å². The number of benzene rings is 1. The van der Waals surface area contributed by atoms with E-state index in [1.54, 1.807) is 18.2 Å². The zero-order valence-electron chi connectivity index (χ0n) is 16.0. The van der Waals surface area contributed by atoms with Crippen molar-refractivity contribution in [3.63, 3.8) is 0 Å². The second-order valence-corrected chi connectivity index (χ2v) is 7.34. The molecule has 26 heavy (non-hydrogen) atoms. The Morgan fingerprint density at radius 1 is 0.885 bits per heavy atom. The monoisotopic (exact) mass is 364 g/mol. The van der Waals surface area contributed by atoms with Gasteiger partial charge in [-0.2, -0.15) is 0 Å². The molecule has 2 saturated heterocycles. The normalized spacial score (nSPS) is 19.1. The van der Waals surface area contributed by atoms with Crippen molar-refractivity contribution >= 4 is 11.9 Å². The lowest BCUT2D eigenvalue weighted by atomic mass is 9.90. The summed E-state index contributed by atoms with van der Waals surface area (Å²) in [6.45, 7) is 11.0. The molecule has 2 aliphatic rings. The molecule has 0 unspecified atom stereocenters.